The van der Waals surface area contributed by atoms with Crippen molar-refractivity contribution in [3.05, 3.63) is 94.8 Å². The van der Waals surface area contributed by atoms with Crippen LogP contribution >= 0.6 is 0 Å². The fourth-order valence-electron chi connectivity index (χ4n) is 5.16. The third-order valence-electron chi connectivity index (χ3n) is 7.25. The molecule has 48 heavy (non-hydrogen) atoms. The maximum Gasteiger partial charge on any atom is 0.339 e. The summed E-state index contributed by atoms with van der Waals surface area (Å²) in [4.78, 5) is 62.2. The van der Waals surface area contributed by atoms with Crippen LogP contribution in [0.3, 0.4) is 0 Å². The Labute approximate surface area is 274 Å². The number of esters is 4. The van der Waals surface area contributed by atoms with Crippen LogP contribution in [-0.4, -0.2) is 61.7 Å². The molecule has 1 aromatic heterocycles. The molecule has 1 aliphatic heterocycles. The number of carbonyl (C=O) groups is 4. The Morgan fingerprint density at radius 3 is 2.02 bits per heavy atom. The number of hydrogen-bond acceptors (Lipinski definition) is 13. The van der Waals surface area contributed by atoms with E-state index < -0.39 is 54.6 Å². The van der Waals surface area contributed by atoms with Gasteiger partial charge in [0.25, 0.3) is 0 Å². The average Bonchev–Trinajstić information content (AvgIpc) is 3.06. The zero-order valence-corrected chi connectivity index (χ0v) is 26.4. The van der Waals surface area contributed by atoms with Crippen LogP contribution in [-0.2, 0) is 49.5 Å². The number of methoxy groups -OCH3 is 1. The number of rotatable bonds is 10. The molecule has 0 radical (unpaired) electrons. The highest BCUT2D eigenvalue weighted by Crippen LogP contribution is 2.32. The van der Waals surface area contributed by atoms with Crippen LogP contribution in [0.5, 0.6) is 11.5 Å². The Bertz CT molecular complexity index is 1850. The van der Waals surface area contributed by atoms with Gasteiger partial charge in [-0.15, -0.1) is 0 Å². The molecule has 0 unspecified atom stereocenters. The molecule has 0 amide bonds. The third-order valence-corrected chi connectivity index (χ3v) is 7.25. The summed E-state index contributed by atoms with van der Waals surface area (Å²) in [6, 6.07) is 21.1. The highest BCUT2D eigenvalue weighted by Gasteiger charge is 2.55. The van der Waals surface area contributed by atoms with Crippen LogP contribution in [0.15, 0.2) is 88.3 Å². The molecule has 1 fully saturated rings. The van der Waals surface area contributed by atoms with Gasteiger partial charge in [0.1, 0.15) is 30.0 Å². The van der Waals surface area contributed by atoms with Crippen molar-refractivity contribution in [2.75, 3.05) is 7.11 Å². The Balaban J connectivity index is 1.40. The van der Waals surface area contributed by atoms with Crippen molar-refractivity contribution in [2.24, 2.45) is 0 Å². The second-order valence-corrected chi connectivity index (χ2v) is 10.7. The van der Waals surface area contributed by atoms with Crippen LogP contribution in [0.1, 0.15) is 26.3 Å². The first-order valence-electron chi connectivity index (χ1n) is 14.8. The van der Waals surface area contributed by atoms with E-state index in [1.807, 2.05) is 30.3 Å². The van der Waals surface area contributed by atoms with E-state index in [9.17, 15) is 24.0 Å². The van der Waals surface area contributed by atoms with Gasteiger partial charge in [-0.05, 0) is 35.4 Å². The lowest BCUT2D eigenvalue weighted by molar-refractivity contribution is -0.282. The lowest BCUT2D eigenvalue weighted by atomic mass is 9.97. The quantitative estimate of drug-likeness (QED) is 0.177. The molecule has 13 nitrogen and oxygen atoms in total. The van der Waals surface area contributed by atoms with Crippen molar-refractivity contribution in [1.29, 1.82) is 0 Å². The van der Waals surface area contributed by atoms with Crippen LogP contribution in [0, 0.1) is 0 Å². The fourth-order valence-corrected chi connectivity index (χ4v) is 5.16. The smallest absolute Gasteiger partial charge is 0.339 e. The molecule has 0 saturated carbocycles. The first-order valence-corrected chi connectivity index (χ1v) is 14.8. The van der Waals surface area contributed by atoms with Gasteiger partial charge in [0.2, 0.25) is 12.4 Å². The van der Waals surface area contributed by atoms with Crippen molar-refractivity contribution in [3.8, 4) is 22.6 Å². The summed E-state index contributed by atoms with van der Waals surface area (Å²) in [5, 5.41) is 0.241. The number of hydrogen-bond donors (Lipinski definition) is 0. The molecule has 5 rings (SSSR count). The maximum absolute atomic E-state index is 13.5. The van der Waals surface area contributed by atoms with Crippen molar-refractivity contribution in [1.82, 2.24) is 0 Å². The van der Waals surface area contributed by atoms with Crippen molar-refractivity contribution in [2.45, 2.75) is 58.1 Å². The molecule has 0 spiro atoms. The second-order valence-electron chi connectivity index (χ2n) is 10.7. The van der Waals surface area contributed by atoms with Crippen LogP contribution in [0.2, 0.25) is 0 Å². The molecule has 0 aliphatic carbocycles. The highest BCUT2D eigenvalue weighted by atomic mass is 16.7. The van der Waals surface area contributed by atoms with E-state index >= 15 is 0 Å². The van der Waals surface area contributed by atoms with E-state index in [-0.39, 0.29) is 22.1 Å². The van der Waals surface area contributed by atoms with Gasteiger partial charge >= 0.3 is 23.9 Å². The normalized spacial score (nSPS) is 20.3. The lowest BCUT2D eigenvalue weighted by Gasteiger charge is -2.43. The van der Waals surface area contributed by atoms with Gasteiger partial charge in [-0.2, -0.15) is 0 Å². The number of ether oxygens (including phenoxy) is 7. The van der Waals surface area contributed by atoms with Crippen LogP contribution in [0.25, 0.3) is 22.1 Å². The standard InChI is InChI=1S/C35H32O13/c1-19(36)44-30-31(45-20(2)37)33(46-21(3)38)35(48-32(30)34(40)41-4)47-25-14-15-26-28(16-25)43-18-27(29(26)39)23-10-12-24(13-11-23)42-17-22-8-6-5-7-9-22/h5-16,18,30-33,35H,17H2,1-4H3/t30-,31-,32-,33+,35+/m0/s1. The van der Waals surface area contributed by atoms with Gasteiger partial charge in [-0.1, -0.05) is 42.5 Å². The maximum atomic E-state index is 13.5. The Hall–Kier alpha value is -5.69. The van der Waals surface area contributed by atoms with Gasteiger partial charge in [0.05, 0.1) is 18.1 Å². The second kappa shape index (κ2) is 14.8. The van der Waals surface area contributed by atoms with E-state index in [1.54, 1.807) is 24.3 Å². The Morgan fingerprint density at radius 1 is 0.750 bits per heavy atom. The zero-order chi connectivity index (χ0) is 34.4. The molecule has 2 heterocycles. The van der Waals surface area contributed by atoms with Crippen molar-refractivity contribution in [3.63, 3.8) is 0 Å². The topological polar surface area (TPSA) is 163 Å². The molecular weight excluding hydrogens is 628 g/mol. The molecule has 5 atom stereocenters. The van der Waals surface area contributed by atoms with Gasteiger partial charge in [0.15, 0.2) is 23.7 Å². The highest BCUT2D eigenvalue weighted by molar-refractivity contribution is 5.83. The number of carbonyl (C=O) groups excluding carboxylic acids is 4. The van der Waals surface area contributed by atoms with Gasteiger partial charge in [-0.3, -0.25) is 19.2 Å². The molecule has 0 N–H and O–H groups in total. The van der Waals surface area contributed by atoms with Gasteiger partial charge < -0.3 is 37.6 Å². The minimum absolute atomic E-state index is 0.0802. The predicted molar refractivity (Wildman–Crippen MR) is 167 cm³/mol. The van der Waals surface area contributed by atoms with E-state index in [1.165, 1.54) is 24.5 Å². The molecular formula is C35H32O13. The molecule has 250 valence electrons. The first-order chi connectivity index (χ1) is 23.0. The SMILES string of the molecule is COC(=O)[C@H]1O[C@@H](Oc2ccc3c(=O)c(-c4ccc(OCc5ccccc5)cc4)coc3c2)[C@H](OC(C)=O)[C@@H](OC(C)=O)[C@@H]1OC(C)=O. The summed E-state index contributed by atoms with van der Waals surface area (Å²) >= 11 is 0. The third kappa shape index (κ3) is 7.81. The Morgan fingerprint density at radius 2 is 1.38 bits per heavy atom. The number of benzene rings is 3. The summed E-state index contributed by atoms with van der Waals surface area (Å²) in [6.07, 6.45) is -6.44. The molecule has 4 aromatic rings. The van der Waals surface area contributed by atoms with E-state index in [0.29, 0.717) is 23.5 Å². The monoisotopic (exact) mass is 660 g/mol. The predicted octanol–water partition coefficient (Wildman–Crippen LogP) is 4.11. The fraction of sp³-hybridized carbons (Fsp3) is 0.286. The molecule has 3 aromatic carbocycles. The average molecular weight is 661 g/mol. The minimum atomic E-state index is -1.63. The summed E-state index contributed by atoms with van der Waals surface area (Å²) in [5.74, 6) is -2.71. The molecule has 1 aliphatic rings. The largest absolute Gasteiger partial charge is 0.489 e. The van der Waals surface area contributed by atoms with Gasteiger partial charge in [-0.25, -0.2) is 4.79 Å². The summed E-state index contributed by atoms with van der Waals surface area (Å²) < 4.78 is 44.2. The minimum Gasteiger partial charge on any atom is -0.489 e. The van der Waals surface area contributed by atoms with E-state index in [2.05, 4.69) is 0 Å². The zero-order valence-electron chi connectivity index (χ0n) is 26.4. The summed E-state index contributed by atoms with van der Waals surface area (Å²) in [7, 11) is 1.08. The summed E-state index contributed by atoms with van der Waals surface area (Å²) in [6.45, 7) is 3.66. The first kappa shape index (κ1) is 33.7. The van der Waals surface area contributed by atoms with Crippen molar-refractivity contribution < 1.29 is 56.8 Å². The molecule has 13 heteroatoms. The lowest BCUT2D eigenvalue weighted by Crippen LogP contribution is -2.64. The molecule has 0 bridgehead atoms. The number of fused-ring (bicyclic) bond motifs is 1. The van der Waals surface area contributed by atoms with Crippen LogP contribution in [0.4, 0.5) is 0 Å². The van der Waals surface area contributed by atoms with Crippen molar-refractivity contribution >= 4 is 34.8 Å². The van der Waals surface area contributed by atoms with Gasteiger partial charge in [0, 0.05) is 26.8 Å². The van der Waals surface area contributed by atoms with E-state index in [4.69, 9.17) is 37.6 Å². The molecule has 1 saturated heterocycles. The van der Waals surface area contributed by atoms with E-state index in [0.717, 1.165) is 33.4 Å². The Kier molecular flexibility index (Phi) is 10.4. The van der Waals surface area contributed by atoms with Crippen LogP contribution < -0.4 is 14.9 Å². The summed E-state index contributed by atoms with van der Waals surface area (Å²) in [5.41, 5.74) is 1.80.